The standard InChI is InChI=1S/C11H17N5O/c1-15-4-6-16(7-5-15)11(17)10-3-2-9(14-12)8-13-10/h2-3,8,14H,4-7,12H2,1H3. The van der Waals surface area contributed by atoms with Gasteiger partial charge in [0.25, 0.3) is 5.91 Å². The minimum atomic E-state index is -0.0123. The van der Waals surface area contributed by atoms with Gasteiger partial charge in [-0.2, -0.15) is 0 Å². The minimum Gasteiger partial charge on any atom is -0.335 e. The molecule has 0 spiro atoms. The largest absolute Gasteiger partial charge is 0.335 e. The SMILES string of the molecule is CN1CCN(C(=O)c2ccc(NN)cn2)CC1. The maximum Gasteiger partial charge on any atom is 0.272 e. The Balaban J connectivity index is 2.03. The first kappa shape index (κ1) is 11.8. The third-order valence-electron chi connectivity index (χ3n) is 2.94. The van der Waals surface area contributed by atoms with E-state index >= 15 is 0 Å². The van der Waals surface area contributed by atoms with Crippen molar-refractivity contribution in [2.75, 3.05) is 38.7 Å². The first-order valence-electron chi connectivity index (χ1n) is 5.61. The number of carbonyl (C=O) groups is 1. The van der Waals surface area contributed by atoms with Crippen molar-refractivity contribution >= 4 is 11.6 Å². The van der Waals surface area contributed by atoms with E-state index in [1.807, 2.05) is 4.90 Å². The van der Waals surface area contributed by atoms with Crippen LogP contribution in [0.2, 0.25) is 0 Å². The van der Waals surface area contributed by atoms with Crippen molar-refractivity contribution in [1.82, 2.24) is 14.8 Å². The number of rotatable bonds is 2. The van der Waals surface area contributed by atoms with E-state index in [1.54, 1.807) is 18.3 Å². The molecule has 2 heterocycles. The molecule has 1 aliphatic rings. The van der Waals surface area contributed by atoms with Crippen molar-refractivity contribution in [3.63, 3.8) is 0 Å². The molecule has 0 unspecified atom stereocenters. The molecule has 0 atom stereocenters. The zero-order valence-corrected chi connectivity index (χ0v) is 9.89. The van der Waals surface area contributed by atoms with Crippen molar-refractivity contribution in [3.8, 4) is 0 Å². The highest BCUT2D eigenvalue weighted by molar-refractivity contribution is 5.92. The Morgan fingerprint density at radius 3 is 2.59 bits per heavy atom. The summed E-state index contributed by atoms with van der Waals surface area (Å²) in [7, 11) is 2.06. The van der Waals surface area contributed by atoms with Crippen LogP contribution in [0.25, 0.3) is 0 Å². The van der Waals surface area contributed by atoms with Gasteiger partial charge in [-0.3, -0.25) is 10.6 Å². The van der Waals surface area contributed by atoms with E-state index in [4.69, 9.17) is 5.84 Å². The molecule has 1 aliphatic heterocycles. The second-order valence-corrected chi connectivity index (χ2v) is 4.17. The van der Waals surface area contributed by atoms with Crippen LogP contribution in [0, 0.1) is 0 Å². The van der Waals surface area contributed by atoms with Gasteiger partial charge < -0.3 is 15.2 Å². The summed E-state index contributed by atoms with van der Waals surface area (Å²) < 4.78 is 0. The maximum atomic E-state index is 12.1. The Labute approximate surface area is 100 Å². The molecule has 1 amide bonds. The second kappa shape index (κ2) is 5.11. The lowest BCUT2D eigenvalue weighted by Crippen LogP contribution is -2.47. The number of likely N-dealkylation sites (N-methyl/N-ethyl adjacent to an activating group) is 1. The van der Waals surface area contributed by atoms with Gasteiger partial charge in [0.1, 0.15) is 5.69 Å². The van der Waals surface area contributed by atoms with Gasteiger partial charge in [0.2, 0.25) is 0 Å². The van der Waals surface area contributed by atoms with Gasteiger partial charge in [-0.1, -0.05) is 0 Å². The van der Waals surface area contributed by atoms with Crippen molar-refractivity contribution in [1.29, 1.82) is 0 Å². The maximum absolute atomic E-state index is 12.1. The van der Waals surface area contributed by atoms with Crippen LogP contribution >= 0.6 is 0 Å². The fourth-order valence-corrected chi connectivity index (χ4v) is 1.78. The predicted molar refractivity (Wildman–Crippen MR) is 65.4 cm³/mol. The Bertz CT molecular complexity index is 383. The number of hydrogen-bond donors (Lipinski definition) is 2. The highest BCUT2D eigenvalue weighted by atomic mass is 16.2. The van der Waals surface area contributed by atoms with E-state index in [0.717, 1.165) is 26.2 Å². The Morgan fingerprint density at radius 1 is 1.35 bits per heavy atom. The zero-order chi connectivity index (χ0) is 12.3. The molecule has 1 fully saturated rings. The lowest BCUT2D eigenvalue weighted by atomic mass is 10.2. The predicted octanol–water partition coefficient (Wildman–Crippen LogP) is -0.245. The Kier molecular flexibility index (Phi) is 3.55. The molecule has 1 saturated heterocycles. The molecule has 0 aliphatic carbocycles. The summed E-state index contributed by atoms with van der Waals surface area (Å²) in [5, 5.41) is 0. The quantitative estimate of drug-likeness (QED) is 0.546. The van der Waals surface area contributed by atoms with Crippen LogP contribution in [-0.2, 0) is 0 Å². The normalized spacial score (nSPS) is 16.9. The lowest BCUT2D eigenvalue weighted by Gasteiger charge is -2.32. The fourth-order valence-electron chi connectivity index (χ4n) is 1.78. The van der Waals surface area contributed by atoms with Crippen molar-refractivity contribution in [3.05, 3.63) is 24.0 Å². The minimum absolute atomic E-state index is 0.0123. The number of hydrogen-bond acceptors (Lipinski definition) is 5. The molecule has 6 heteroatoms. The van der Waals surface area contributed by atoms with Crippen LogP contribution in [0.5, 0.6) is 0 Å². The summed E-state index contributed by atoms with van der Waals surface area (Å²) in [6.07, 6.45) is 1.56. The molecule has 0 radical (unpaired) electrons. The van der Waals surface area contributed by atoms with Gasteiger partial charge in [0.15, 0.2) is 0 Å². The summed E-state index contributed by atoms with van der Waals surface area (Å²) in [5.41, 5.74) is 3.64. The molecular formula is C11H17N5O. The summed E-state index contributed by atoms with van der Waals surface area (Å²) in [5.74, 6) is 5.23. The molecular weight excluding hydrogens is 218 g/mol. The molecule has 0 saturated carbocycles. The summed E-state index contributed by atoms with van der Waals surface area (Å²) in [6.45, 7) is 3.34. The Hall–Kier alpha value is -1.66. The number of pyridine rings is 1. The molecule has 17 heavy (non-hydrogen) atoms. The number of hydrazine groups is 1. The Morgan fingerprint density at radius 2 is 2.06 bits per heavy atom. The summed E-state index contributed by atoms with van der Waals surface area (Å²) in [6, 6.07) is 3.44. The lowest BCUT2D eigenvalue weighted by molar-refractivity contribution is 0.0658. The van der Waals surface area contributed by atoms with Crippen LogP contribution in [0.15, 0.2) is 18.3 Å². The first-order chi connectivity index (χ1) is 8.20. The highest BCUT2D eigenvalue weighted by Gasteiger charge is 2.20. The van der Waals surface area contributed by atoms with Crippen molar-refractivity contribution in [2.24, 2.45) is 5.84 Å². The van der Waals surface area contributed by atoms with Crippen LogP contribution in [-0.4, -0.2) is 53.9 Å². The number of aromatic nitrogens is 1. The number of carbonyl (C=O) groups excluding carboxylic acids is 1. The molecule has 0 aromatic carbocycles. The number of piperazine rings is 1. The van der Waals surface area contributed by atoms with Gasteiger partial charge in [0, 0.05) is 26.2 Å². The zero-order valence-electron chi connectivity index (χ0n) is 9.89. The average molecular weight is 235 g/mol. The molecule has 0 bridgehead atoms. The van der Waals surface area contributed by atoms with Crippen LogP contribution in [0.3, 0.4) is 0 Å². The highest BCUT2D eigenvalue weighted by Crippen LogP contribution is 2.08. The summed E-state index contributed by atoms with van der Waals surface area (Å²) in [4.78, 5) is 20.2. The van der Waals surface area contributed by atoms with E-state index in [0.29, 0.717) is 11.4 Å². The van der Waals surface area contributed by atoms with E-state index in [2.05, 4.69) is 22.4 Å². The number of nitrogen functional groups attached to an aromatic ring is 1. The number of nitrogens with one attached hydrogen (secondary N) is 1. The van der Waals surface area contributed by atoms with Crippen molar-refractivity contribution in [2.45, 2.75) is 0 Å². The molecule has 2 rings (SSSR count). The van der Waals surface area contributed by atoms with Gasteiger partial charge in [-0.25, -0.2) is 4.98 Å². The molecule has 6 nitrogen and oxygen atoms in total. The van der Waals surface area contributed by atoms with E-state index < -0.39 is 0 Å². The number of nitrogens with two attached hydrogens (primary N) is 1. The number of amides is 1. The monoisotopic (exact) mass is 235 g/mol. The summed E-state index contributed by atoms with van der Waals surface area (Å²) >= 11 is 0. The van der Waals surface area contributed by atoms with Crippen LogP contribution < -0.4 is 11.3 Å². The fraction of sp³-hybridized carbons (Fsp3) is 0.455. The second-order valence-electron chi connectivity index (χ2n) is 4.17. The van der Waals surface area contributed by atoms with Crippen LogP contribution in [0.1, 0.15) is 10.5 Å². The van der Waals surface area contributed by atoms with E-state index in [-0.39, 0.29) is 5.91 Å². The topological polar surface area (TPSA) is 74.5 Å². The van der Waals surface area contributed by atoms with E-state index in [1.165, 1.54) is 0 Å². The number of nitrogens with zero attached hydrogens (tertiary/aromatic N) is 3. The van der Waals surface area contributed by atoms with Gasteiger partial charge in [-0.05, 0) is 19.2 Å². The van der Waals surface area contributed by atoms with Gasteiger partial charge in [-0.15, -0.1) is 0 Å². The van der Waals surface area contributed by atoms with Gasteiger partial charge >= 0.3 is 0 Å². The first-order valence-corrected chi connectivity index (χ1v) is 5.61. The smallest absolute Gasteiger partial charge is 0.272 e. The van der Waals surface area contributed by atoms with Crippen LogP contribution in [0.4, 0.5) is 5.69 Å². The molecule has 3 N–H and O–H groups in total. The van der Waals surface area contributed by atoms with Crippen molar-refractivity contribution < 1.29 is 4.79 Å². The van der Waals surface area contributed by atoms with Gasteiger partial charge in [0.05, 0.1) is 11.9 Å². The average Bonchev–Trinajstić information content (AvgIpc) is 2.39. The number of anilines is 1. The molecule has 92 valence electrons. The third-order valence-corrected chi connectivity index (χ3v) is 2.94. The van der Waals surface area contributed by atoms with E-state index in [9.17, 15) is 4.79 Å². The third kappa shape index (κ3) is 2.72. The molecule has 1 aromatic rings. The molecule has 1 aromatic heterocycles.